The summed E-state index contributed by atoms with van der Waals surface area (Å²) in [7, 11) is 3.91. The molecule has 4 nitrogen and oxygen atoms in total. The van der Waals surface area contributed by atoms with E-state index in [1.807, 2.05) is 0 Å². The Bertz CT molecular complexity index is 469. The van der Waals surface area contributed by atoms with Gasteiger partial charge in [-0.2, -0.15) is 13.2 Å². The Labute approximate surface area is 108 Å². The Morgan fingerprint density at radius 1 is 1.05 bits per heavy atom. The highest BCUT2D eigenvalue weighted by Gasteiger charge is 2.33. The Morgan fingerprint density at radius 3 is 2.05 bits per heavy atom. The molecule has 0 radical (unpaired) electrons. The van der Waals surface area contributed by atoms with Crippen molar-refractivity contribution in [2.45, 2.75) is 12.6 Å². The third kappa shape index (κ3) is 3.52. The van der Waals surface area contributed by atoms with Crippen molar-refractivity contribution in [2.75, 3.05) is 21.3 Å². The normalized spacial score (nSPS) is 11.1. The van der Waals surface area contributed by atoms with Gasteiger partial charge in [0.1, 0.15) is 6.42 Å². The van der Waals surface area contributed by atoms with Gasteiger partial charge in [0, 0.05) is 0 Å². The first kappa shape index (κ1) is 15.1. The van der Waals surface area contributed by atoms with Gasteiger partial charge in [0.25, 0.3) is 0 Å². The molecule has 1 aromatic rings. The highest BCUT2D eigenvalue weighted by Crippen LogP contribution is 2.40. The molecular weight excluding hydrogens is 265 g/mol. The van der Waals surface area contributed by atoms with E-state index in [0.717, 1.165) is 0 Å². The van der Waals surface area contributed by atoms with Crippen LogP contribution >= 0.6 is 0 Å². The smallest absolute Gasteiger partial charge is 0.396 e. The van der Waals surface area contributed by atoms with Crippen LogP contribution in [-0.2, 0) is 0 Å². The van der Waals surface area contributed by atoms with E-state index in [1.54, 1.807) is 0 Å². The number of ether oxygens (including phenoxy) is 3. The monoisotopic (exact) mass is 278 g/mol. The average Bonchev–Trinajstić information content (AvgIpc) is 2.34. The second kappa shape index (κ2) is 5.81. The van der Waals surface area contributed by atoms with Crippen molar-refractivity contribution >= 4 is 5.78 Å². The maximum Gasteiger partial charge on any atom is 0.396 e. The number of ketones is 1. The second-order valence-electron chi connectivity index (χ2n) is 3.60. The number of Topliss-reactive ketones (excluding diaryl/α,β-unsaturated/α-hetero) is 1. The molecule has 0 saturated heterocycles. The van der Waals surface area contributed by atoms with Crippen LogP contribution in [0.1, 0.15) is 16.8 Å². The van der Waals surface area contributed by atoms with Gasteiger partial charge in [-0.1, -0.05) is 0 Å². The molecule has 1 rings (SSSR count). The fourth-order valence-corrected chi connectivity index (χ4v) is 1.60. The van der Waals surface area contributed by atoms with Crippen LogP contribution in [0.25, 0.3) is 0 Å². The minimum Gasteiger partial charge on any atom is -0.493 e. The lowest BCUT2D eigenvalue weighted by Gasteiger charge is -2.15. The predicted octanol–water partition coefficient (Wildman–Crippen LogP) is 2.85. The summed E-state index contributed by atoms with van der Waals surface area (Å²) in [6.07, 6.45) is -6.13. The van der Waals surface area contributed by atoms with Crippen LogP contribution in [0.2, 0.25) is 0 Å². The third-order valence-electron chi connectivity index (χ3n) is 2.37. The fourth-order valence-electron chi connectivity index (χ4n) is 1.60. The van der Waals surface area contributed by atoms with Crippen molar-refractivity contribution in [3.63, 3.8) is 0 Å². The molecule has 0 aliphatic carbocycles. The number of benzene rings is 1. The van der Waals surface area contributed by atoms with Crippen molar-refractivity contribution in [2.24, 2.45) is 0 Å². The first-order chi connectivity index (χ1) is 8.84. The molecule has 0 saturated carbocycles. The first-order valence-electron chi connectivity index (χ1n) is 5.23. The Hall–Kier alpha value is -1.92. The summed E-state index contributed by atoms with van der Waals surface area (Å²) < 4.78 is 51.6. The van der Waals surface area contributed by atoms with E-state index in [4.69, 9.17) is 14.2 Å². The molecule has 0 aliphatic rings. The number of hydrogen-bond acceptors (Lipinski definition) is 4. The number of halogens is 3. The van der Waals surface area contributed by atoms with Gasteiger partial charge in [-0.05, 0) is 12.1 Å². The van der Waals surface area contributed by atoms with E-state index in [2.05, 4.69) is 0 Å². The molecule has 7 heteroatoms. The van der Waals surface area contributed by atoms with Crippen molar-refractivity contribution in [3.8, 4) is 17.2 Å². The Balaban J connectivity index is 3.25. The van der Waals surface area contributed by atoms with E-state index in [1.165, 1.54) is 33.5 Å². The number of carbonyl (C=O) groups excluding carboxylic acids is 1. The van der Waals surface area contributed by atoms with Gasteiger partial charge >= 0.3 is 6.18 Å². The Morgan fingerprint density at radius 2 is 1.63 bits per heavy atom. The van der Waals surface area contributed by atoms with E-state index in [9.17, 15) is 18.0 Å². The first-order valence-corrected chi connectivity index (χ1v) is 5.23. The molecule has 0 spiro atoms. The molecule has 1 aromatic carbocycles. The van der Waals surface area contributed by atoms with E-state index >= 15 is 0 Å². The highest BCUT2D eigenvalue weighted by atomic mass is 19.4. The maximum atomic E-state index is 12.2. The summed E-state index contributed by atoms with van der Waals surface area (Å²) in [6.45, 7) is 0. The quantitative estimate of drug-likeness (QED) is 0.777. The second-order valence-corrected chi connectivity index (χ2v) is 3.60. The van der Waals surface area contributed by atoms with Gasteiger partial charge in [0.2, 0.25) is 5.75 Å². The standard InChI is InChI=1S/C12H13F3O4/c1-17-9-5-4-7(8(16)6-12(13,14)15)10(18-2)11(9)19-3/h4-5H,6H2,1-3H3. The highest BCUT2D eigenvalue weighted by molar-refractivity contribution is 6.00. The summed E-state index contributed by atoms with van der Waals surface area (Å²) in [5.41, 5.74) is -0.197. The number of methoxy groups -OCH3 is 3. The third-order valence-corrected chi connectivity index (χ3v) is 2.37. The molecular formula is C12H13F3O4. The SMILES string of the molecule is COc1ccc(C(=O)CC(F)(F)F)c(OC)c1OC. The lowest BCUT2D eigenvalue weighted by molar-refractivity contribution is -0.125. The predicted molar refractivity (Wildman–Crippen MR) is 61.1 cm³/mol. The minimum atomic E-state index is -4.57. The van der Waals surface area contributed by atoms with Crippen LogP contribution in [0.3, 0.4) is 0 Å². The van der Waals surface area contributed by atoms with Crippen molar-refractivity contribution < 1.29 is 32.2 Å². The molecule has 0 aromatic heterocycles. The molecule has 0 N–H and O–H groups in total. The average molecular weight is 278 g/mol. The summed E-state index contributed by atoms with van der Waals surface area (Å²) in [4.78, 5) is 11.6. The van der Waals surface area contributed by atoms with Gasteiger partial charge in [0.05, 0.1) is 26.9 Å². The molecule has 0 atom stereocenters. The van der Waals surface area contributed by atoms with Gasteiger partial charge in [-0.3, -0.25) is 4.79 Å². The van der Waals surface area contributed by atoms with Crippen molar-refractivity contribution in [1.82, 2.24) is 0 Å². The van der Waals surface area contributed by atoms with Crippen molar-refractivity contribution in [1.29, 1.82) is 0 Å². The lowest BCUT2D eigenvalue weighted by Crippen LogP contribution is -2.16. The lowest BCUT2D eigenvalue weighted by atomic mass is 10.1. The molecule has 106 valence electrons. The molecule has 19 heavy (non-hydrogen) atoms. The van der Waals surface area contributed by atoms with E-state index in [-0.39, 0.29) is 22.8 Å². The zero-order valence-electron chi connectivity index (χ0n) is 10.6. The molecule has 0 fully saturated rings. The van der Waals surface area contributed by atoms with Gasteiger partial charge < -0.3 is 14.2 Å². The van der Waals surface area contributed by atoms with Gasteiger partial charge in [-0.25, -0.2) is 0 Å². The van der Waals surface area contributed by atoms with Crippen LogP contribution in [0.5, 0.6) is 17.2 Å². The van der Waals surface area contributed by atoms with Crippen LogP contribution in [0.4, 0.5) is 13.2 Å². The van der Waals surface area contributed by atoms with E-state index in [0.29, 0.717) is 0 Å². The topological polar surface area (TPSA) is 44.8 Å². The van der Waals surface area contributed by atoms with Gasteiger partial charge in [0.15, 0.2) is 17.3 Å². The summed E-state index contributed by atoms with van der Waals surface area (Å²) in [5.74, 6) is -0.817. The maximum absolute atomic E-state index is 12.2. The van der Waals surface area contributed by atoms with Crippen LogP contribution < -0.4 is 14.2 Å². The molecule has 0 unspecified atom stereocenters. The number of hydrogen-bond donors (Lipinski definition) is 0. The minimum absolute atomic E-state index is 0.0731. The zero-order chi connectivity index (χ0) is 14.6. The summed E-state index contributed by atoms with van der Waals surface area (Å²) >= 11 is 0. The molecule has 0 amide bonds. The van der Waals surface area contributed by atoms with E-state index < -0.39 is 18.4 Å². The molecule has 0 bridgehead atoms. The number of rotatable bonds is 5. The zero-order valence-corrected chi connectivity index (χ0v) is 10.6. The molecule has 0 aliphatic heterocycles. The van der Waals surface area contributed by atoms with Crippen molar-refractivity contribution in [3.05, 3.63) is 17.7 Å². The fraction of sp³-hybridized carbons (Fsp3) is 0.417. The number of alkyl halides is 3. The van der Waals surface area contributed by atoms with Crippen LogP contribution in [0.15, 0.2) is 12.1 Å². The number of carbonyl (C=O) groups is 1. The van der Waals surface area contributed by atoms with Gasteiger partial charge in [-0.15, -0.1) is 0 Å². The Kier molecular flexibility index (Phi) is 4.63. The summed E-state index contributed by atoms with van der Waals surface area (Å²) in [5, 5.41) is 0. The summed E-state index contributed by atoms with van der Waals surface area (Å²) in [6, 6.07) is 2.57. The van der Waals surface area contributed by atoms with Crippen LogP contribution in [0, 0.1) is 0 Å². The largest absolute Gasteiger partial charge is 0.493 e. The molecule has 0 heterocycles. The van der Waals surface area contributed by atoms with Crippen LogP contribution in [-0.4, -0.2) is 33.3 Å².